The van der Waals surface area contributed by atoms with E-state index in [1.165, 1.54) is 32.1 Å². The molecule has 4 saturated carbocycles. The largest absolute Gasteiger partial charge is 0.477 e. The maximum atomic E-state index is 13.5. The fourth-order valence-electron chi connectivity index (χ4n) is 6.73. The second-order valence-electron chi connectivity index (χ2n) is 9.48. The smallest absolute Gasteiger partial charge is 0.262 e. The highest BCUT2D eigenvalue weighted by atomic mass is 79.9. The van der Waals surface area contributed by atoms with E-state index in [1.807, 2.05) is 24.3 Å². The number of amides is 2. The molecule has 6 heteroatoms. The van der Waals surface area contributed by atoms with Crippen molar-refractivity contribution in [2.24, 2.45) is 17.3 Å². The Hall–Kier alpha value is -1.56. The van der Waals surface area contributed by atoms with Crippen LogP contribution in [0.3, 0.4) is 0 Å². The summed E-state index contributed by atoms with van der Waals surface area (Å²) in [6.07, 6.45) is 7.22. The fraction of sp³-hybridized carbons (Fsp3) is 0.636. The Kier molecular flexibility index (Phi) is 4.27. The Labute approximate surface area is 174 Å². The average molecular weight is 447 g/mol. The average Bonchev–Trinajstić information content (AvgIpc) is 2.64. The number of carbonyl (C=O) groups is 2. The second-order valence-corrected chi connectivity index (χ2v) is 11.2. The SMILES string of the molecule is CNC(=O)[C@@H]1CN(C(=O)CC23C[C@H]4C[C@@H](CC(Br)(C4)C2)C3)c2ccccc2O1. The predicted octanol–water partition coefficient (Wildman–Crippen LogP) is 3.65. The summed E-state index contributed by atoms with van der Waals surface area (Å²) in [6.45, 7) is 0.276. The molecule has 0 unspecified atom stereocenters. The molecule has 4 aliphatic carbocycles. The van der Waals surface area contributed by atoms with Crippen LogP contribution >= 0.6 is 15.9 Å². The Morgan fingerprint density at radius 3 is 2.61 bits per heavy atom. The van der Waals surface area contributed by atoms with Crippen molar-refractivity contribution < 1.29 is 14.3 Å². The molecule has 0 radical (unpaired) electrons. The molecule has 1 aromatic rings. The van der Waals surface area contributed by atoms with Crippen molar-refractivity contribution >= 4 is 33.4 Å². The van der Waals surface area contributed by atoms with Gasteiger partial charge in [0.25, 0.3) is 5.91 Å². The zero-order valence-corrected chi connectivity index (χ0v) is 17.8. The number of rotatable bonds is 3. The number of nitrogens with zero attached hydrogens (tertiary/aromatic N) is 1. The van der Waals surface area contributed by atoms with Crippen LogP contribution in [0.4, 0.5) is 5.69 Å². The van der Waals surface area contributed by atoms with Crippen LogP contribution in [0.15, 0.2) is 24.3 Å². The summed E-state index contributed by atoms with van der Waals surface area (Å²) >= 11 is 4.04. The van der Waals surface area contributed by atoms with Gasteiger partial charge in [0.15, 0.2) is 6.10 Å². The monoisotopic (exact) mass is 446 g/mol. The molecule has 2 amide bonds. The van der Waals surface area contributed by atoms with E-state index in [2.05, 4.69) is 21.2 Å². The number of hydrogen-bond acceptors (Lipinski definition) is 3. The third-order valence-electron chi connectivity index (χ3n) is 7.25. The van der Waals surface area contributed by atoms with E-state index in [9.17, 15) is 9.59 Å². The van der Waals surface area contributed by atoms with Gasteiger partial charge in [0, 0.05) is 17.8 Å². The summed E-state index contributed by atoms with van der Waals surface area (Å²) in [5.74, 6) is 2.05. The van der Waals surface area contributed by atoms with E-state index >= 15 is 0 Å². The highest BCUT2D eigenvalue weighted by molar-refractivity contribution is 9.10. The number of hydrogen-bond donors (Lipinski definition) is 1. The summed E-state index contributed by atoms with van der Waals surface area (Å²) in [4.78, 5) is 27.5. The normalized spacial score (nSPS) is 37.9. The van der Waals surface area contributed by atoms with E-state index in [0.717, 1.165) is 23.9 Å². The lowest BCUT2D eigenvalue weighted by molar-refractivity contribution is -0.129. The summed E-state index contributed by atoms with van der Waals surface area (Å²) in [5.41, 5.74) is 0.895. The highest BCUT2D eigenvalue weighted by Crippen LogP contribution is 2.65. The summed E-state index contributed by atoms with van der Waals surface area (Å²) < 4.78 is 6.10. The van der Waals surface area contributed by atoms with E-state index in [0.29, 0.717) is 12.2 Å². The first-order valence-corrected chi connectivity index (χ1v) is 11.1. The molecule has 28 heavy (non-hydrogen) atoms. The molecule has 3 atom stereocenters. The van der Waals surface area contributed by atoms with E-state index in [4.69, 9.17) is 4.74 Å². The van der Waals surface area contributed by atoms with Gasteiger partial charge in [0.05, 0.1) is 12.2 Å². The van der Waals surface area contributed by atoms with Crippen molar-refractivity contribution in [1.82, 2.24) is 5.32 Å². The zero-order chi connectivity index (χ0) is 19.5. The third-order valence-corrected chi connectivity index (χ3v) is 8.18. The number of halogens is 1. The third kappa shape index (κ3) is 3.04. The van der Waals surface area contributed by atoms with Crippen molar-refractivity contribution in [3.05, 3.63) is 24.3 Å². The molecular formula is C22H27BrN2O3. The Balaban J connectivity index is 1.41. The van der Waals surface area contributed by atoms with Gasteiger partial charge in [-0.3, -0.25) is 9.59 Å². The van der Waals surface area contributed by atoms with Crippen LogP contribution in [0.2, 0.25) is 0 Å². The van der Waals surface area contributed by atoms with Crippen LogP contribution in [-0.4, -0.2) is 35.8 Å². The summed E-state index contributed by atoms with van der Waals surface area (Å²) in [5, 5.41) is 2.65. The minimum absolute atomic E-state index is 0.112. The molecular weight excluding hydrogens is 420 g/mol. The first-order valence-electron chi connectivity index (χ1n) is 10.4. The number of fused-ring (bicyclic) bond motifs is 1. The molecule has 6 rings (SSSR count). The highest BCUT2D eigenvalue weighted by Gasteiger charge is 2.57. The number of nitrogens with one attached hydrogen (secondary N) is 1. The van der Waals surface area contributed by atoms with E-state index < -0.39 is 6.10 Å². The van der Waals surface area contributed by atoms with Crippen molar-refractivity contribution in [3.63, 3.8) is 0 Å². The maximum Gasteiger partial charge on any atom is 0.262 e. The van der Waals surface area contributed by atoms with Gasteiger partial charge in [-0.25, -0.2) is 0 Å². The molecule has 0 aromatic heterocycles. The Morgan fingerprint density at radius 1 is 1.21 bits per heavy atom. The minimum atomic E-state index is -0.664. The molecule has 4 bridgehead atoms. The second kappa shape index (κ2) is 6.48. The number of ether oxygens (including phenoxy) is 1. The van der Waals surface area contributed by atoms with Gasteiger partial charge in [-0.2, -0.15) is 0 Å². The molecule has 0 saturated heterocycles. The molecule has 4 fully saturated rings. The number of alkyl halides is 1. The Morgan fingerprint density at radius 2 is 1.93 bits per heavy atom. The lowest BCUT2D eigenvalue weighted by Crippen LogP contribution is -2.55. The van der Waals surface area contributed by atoms with Crippen LogP contribution in [0.25, 0.3) is 0 Å². The fourth-order valence-corrected chi connectivity index (χ4v) is 8.24. The van der Waals surface area contributed by atoms with Gasteiger partial charge in [-0.15, -0.1) is 0 Å². The van der Waals surface area contributed by atoms with Crippen LogP contribution < -0.4 is 15.0 Å². The number of anilines is 1. The van der Waals surface area contributed by atoms with Gasteiger partial charge in [0.1, 0.15) is 5.75 Å². The number of likely N-dealkylation sites (N-methyl/N-ethyl adjacent to an activating group) is 1. The molecule has 1 heterocycles. The first-order chi connectivity index (χ1) is 13.4. The minimum Gasteiger partial charge on any atom is -0.477 e. The molecule has 5 aliphatic rings. The summed E-state index contributed by atoms with van der Waals surface area (Å²) in [6, 6.07) is 7.55. The van der Waals surface area contributed by atoms with Gasteiger partial charge in [0.2, 0.25) is 5.91 Å². The Bertz CT molecular complexity index is 812. The van der Waals surface area contributed by atoms with Crippen LogP contribution in [0, 0.1) is 17.3 Å². The first kappa shape index (κ1) is 18.5. The molecule has 1 aliphatic heterocycles. The van der Waals surface area contributed by atoms with E-state index in [1.54, 1.807) is 11.9 Å². The lowest BCUT2D eigenvalue weighted by atomic mass is 9.48. The van der Waals surface area contributed by atoms with Crippen LogP contribution in [0.1, 0.15) is 44.9 Å². The summed E-state index contributed by atoms with van der Waals surface area (Å²) in [7, 11) is 1.60. The van der Waals surface area contributed by atoms with Crippen molar-refractivity contribution in [2.45, 2.75) is 55.4 Å². The van der Waals surface area contributed by atoms with E-state index in [-0.39, 0.29) is 28.1 Å². The van der Waals surface area contributed by atoms with Crippen molar-refractivity contribution in [2.75, 3.05) is 18.5 Å². The van der Waals surface area contributed by atoms with Crippen molar-refractivity contribution in [3.8, 4) is 5.75 Å². The molecule has 1 aromatic carbocycles. The predicted molar refractivity (Wildman–Crippen MR) is 111 cm³/mol. The number of para-hydroxylation sites is 2. The van der Waals surface area contributed by atoms with Crippen molar-refractivity contribution in [1.29, 1.82) is 0 Å². The molecule has 150 valence electrons. The topological polar surface area (TPSA) is 58.6 Å². The number of carbonyl (C=O) groups excluding carboxylic acids is 2. The van der Waals surface area contributed by atoms with Gasteiger partial charge in [-0.1, -0.05) is 28.1 Å². The van der Waals surface area contributed by atoms with Gasteiger partial charge < -0.3 is 15.0 Å². The molecule has 5 nitrogen and oxygen atoms in total. The van der Waals surface area contributed by atoms with Crippen LogP contribution in [0.5, 0.6) is 5.75 Å². The quantitative estimate of drug-likeness (QED) is 0.720. The number of benzene rings is 1. The van der Waals surface area contributed by atoms with Gasteiger partial charge in [-0.05, 0) is 67.9 Å². The molecule has 1 N–H and O–H groups in total. The molecule has 0 spiro atoms. The zero-order valence-electron chi connectivity index (χ0n) is 16.2. The maximum absolute atomic E-state index is 13.5. The van der Waals surface area contributed by atoms with Crippen LogP contribution in [-0.2, 0) is 9.59 Å². The van der Waals surface area contributed by atoms with Gasteiger partial charge >= 0.3 is 0 Å². The lowest BCUT2D eigenvalue weighted by Gasteiger charge is -2.60. The standard InChI is InChI=1S/C22H27BrN2O3/c1-24-20(27)18-12-25(16-4-2-3-5-17(16)28-18)19(26)11-21-7-14-6-15(8-21)10-22(23,9-14)13-21/h2-5,14-15,18H,6-13H2,1H3,(H,24,27)/t14-,15-,18+,21?,22?/m1/s1.